The molecule has 1 aliphatic rings. The van der Waals surface area contributed by atoms with Gasteiger partial charge in [-0.1, -0.05) is 23.7 Å². The van der Waals surface area contributed by atoms with Crippen LogP contribution in [0.4, 0.5) is 11.4 Å². The quantitative estimate of drug-likeness (QED) is 0.480. The highest BCUT2D eigenvalue weighted by Crippen LogP contribution is 2.30. The normalized spacial score (nSPS) is 15.8. The largest absolute Gasteiger partial charge is 0.282 e. The molecule has 1 amide bonds. The third kappa shape index (κ3) is 2.91. The first kappa shape index (κ1) is 15.9. The van der Waals surface area contributed by atoms with Gasteiger partial charge in [-0.3, -0.25) is 19.8 Å². The minimum absolute atomic E-state index is 0.00715. The molecule has 24 heavy (non-hydrogen) atoms. The van der Waals surface area contributed by atoms with E-state index in [-0.39, 0.29) is 17.3 Å². The summed E-state index contributed by atoms with van der Waals surface area (Å²) in [4.78, 5) is 28.6. The zero-order valence-electron chi connectivity index (χ0n) is 12.6. The number of amides is 1. The van der Waals surface area contributed by atoms with E-state index in [1.807, 2.05) is 0 Å². The molecule has 6 nitrogen and oxygen atoms in total. The lowest BCUT2D eigenvalue weighted by Crippen LogP contribution is -2.30. The van der Waals surface area contributed by atoms with Gasteiger partial charge >= 0.3 is 0 Å². The van der Waals surface area contributed by atoms with Crippen LogP contribution < -0.4 is 4.90 Å². The van der Waals surface area contributed by atoms with Crippen LogP contribution in [0.25, 0.3) is 6.08 Å². The van der Waals surface area contributed by atoms with Crippen LogP contribution in [0.15, 0.2) is 59.2 Å². The molecule has 0 atom stereocenters. The van der Waals surface area contributed by atoms with Gasteiger partial charge in [-0.2, -0.15) is 0 Å². The van der Waals surface area contributed by atoms with Gasteiger partial charge in [-0.25, -0.2) is 4.99 Å². The van der Waals surface area contributed by atoms with E-state index in [0.29, 0.717) is 22.1 Å². The zero-order chi connectivity index (χ0) is 17.3. The molecule has 1 heterocycles. The fourth-order valence-corrected chi connectivity index (χ4v) is 2.61. The number of non-ortho nitro benzene ring substituents is 1. The number of aliphatic imine (C=N–C) groups is 1. The zero-order valence-corrected chi connectivity index (χ0v) is 13.4. The monoisotopic (exact) mass is 341 g/mol. The van der Waals surface area contributed by atoms with Gasteiger partial charge in [0, 0.05) is 12.1 Å². The number of para-hydroxylation sites is 1. The topological polar surface area (TPSA) is 75.8 Å². The standard InChI is InChI=1S/C17H12ClN3O3/c1-11-19-15(10-12-6-8-13(9-7-12)21(23)24)17(22)20(11)16-5-3-2-4-14(16)18/h2-10H,1H3/b15-10+. The summed E-state index contributed by atoms with van der Waals surface area (Å²) in [5, 5.41) is 11.1. The fourth-order valence-electron chi connectivity index (χ4n) is 2.39. The van der Waals surface area contributed by atoms with E-state index >= 15 is 0 Å². The number of nitrogens with zero attached hydrogens (tertiary/aromatic N) is 3. The summed E-state index contributed by atoms with van der Waals surface area (Å²) in [5.74, 6) is 0.222. The molecule has 0 aliphatic carbocycles. The lowest BCUT2D eigenvalue weighted by atomic mass is 10.1. The highest BCUT2D eigenvalue weighted by molar-refractivity contribution is 6.37. The molecule has 0 saturated carbocycles. The third-order valence-corrected chi connectivity index (χ3v) is 3.85. The van der Waals surface area contributed by atoms with Gasteiger partial charge in [0.2, 0.25) is 0 Å². The molecule has 0 unspecified atom stereocenters. The fraction of sp³-hybridized carbons (Fsp3) is 0.0588. The second kappa shape index (κ2) is 6.25. The number of hydrogen-bond acceptors (Lipinski definition) is 4. The molecule has 120 valence electrons. The van der Waals surface area contributed by atoms with Crippen LogP contribution in [0.1, 0.15) is 12.5 Å². The Hall–Kier alpha value is -2.99. The maximum absolute atomic E-state index is 12.6. The van der Waals surface area contributed by atoms with Crippen molar-refractivity contribution >= 4 is 40.8 Å². The Morgan fingerprint density at radius 1 is 1.17 bits per heavy atom. The Balaban J connectivity index is 1.92. The summed E-state index contributed by atoms with van der Waals surface area (Å²) in [7, 11) is 0. The maximum atomic E-state index is 12.6. The lowest BCUT2D eigenvalue weighted by Gasteiger charge is -2.17. The van der Waals surface area contributed by atoms with E-state index in [0.717, 1.165) is 0 Å². The first-order chi connectivity index (χ1) is 11.5. The second-order valence-electron chi connectivity index (χ2n) is 5.13. The van der Waals surface area contributed by atoms with Gasteiger partial charge in [-0.15, -0.1) is 0 Å². The number of halogens is 1. The van der Waals surface area contributed by atoms with Crippen molar-refractivity contribution in [1.82, 2.24) is 0 Å². The molecule has 0 spiro atoms. The number of carbonyl (C=O) groups is 1. The highest BCUT2D eigenvalue weighted by Gasteiger charge is 2.30. The molecule has 0 N–H and O–H groups in total. The molecular formula is C17H12ClN3O3. The number of rotatable bonds is 3. The smallest absolute Gasteiger partial charge is 0.266 e. The van der Waals surface area contributed by atoms with Crippen molar-refractivity contribution < 1.29 is 9.72 Å². The van der Waals surface area contributed by atoms with Gasteiger partial charge in [0.25, 0.3) is 11.6 Å². The summed E-state index contributed by atoms with van der Waals surface area (Å²) in [5.41, 5.74) is 1.47. The van der Waals surface area contributed by atoms with E-state index in [1.54, 1.807) is 49.4 Å². The number of nitro benzene ring substituents is 1. The average Bonchev–Trinajstić information content (AvgIpc) is 2.83. The Kier molecular flexibility index (Phi) is 4.14. The van der Waals surface area contributed by atoms with Crippen molar-refractivity contribution in [3.8, 4) is 0 Å². The highest BCUT2D eigenvalue weighted by atomic mass is 35.5. The minimum Gasteiger partial charge on any atom is -0.266 e. The molecule has 0 bridgehead atoms. The number of nitro groups is 1. The van der Waals surface area contributed by atoms with E-state index in [2.05, 4.69) is 4.99 Å². The molecule has 2 aromatic rings. The Labute approximate surface area is 142 Å². The number of hydrogen-bond donors (Lipinski definition) is 0. The summed E-state index contributed by atoms with van der Waals surface area (Å²) in [6.45, 7) is 1.72. The van der Waals surface area contributed by atoms with Crippen LogP contribution in [0, 0.1) is 10.1 Å². The van der Waals surface area contributed by atoms with Crippen LogP contribution >= 0.6 is 11.6 Å². The maximum Gasteiger partial charge on any atom is 0.282 e. The van der Waals surface area contributed by atoms with Gasteiger partial charge in [0.1, 0.15) is 11.5 Å². The SMILES string of the molecule is CC1=N/C(=C/c2ccc([N+](=O)[O-])cc2)C(=O)N1c1ccccc1Cl. The van der Waals surface area contributed by atoms with Crippen molar-refractivity contribution in [2.75, 3.05) is 4.90 Å². The van der Waals surface area contributed by atoms with E-state index < -0.39 is 4.92 Å². The molecule has 0 radical (unpaired) electrons. The van der Waals surface area contributed by atoms with Crippen LogP contribution in [0.2, 0.25) is 5.02 Å². The van der Waals surface area contributed by atoms with Crippen LogP contribution in [-0.2, 0) is 4.79 Å². The van der Waals surface area contributed by atoms with E-state index in [4.69, 9.17) is 11.6 Å². The summed E-state index contributed by atoms with van der Waals surface area (Å²) < 4.78 is 0. The molecule has 0 fully saturated rings. The molecule has 0 saturated heterocycles. The van der Waals surface area contributed by atoms with Crippen molar-refractivity contribution in [2.45, 2.75) is 6.92 Å². The Bertz CT molecular complexity index is 888. The molecule has 2 aromatic carbocycles. The minimum atomic E-state index is -0.473. The van der Waals surface area contributed by atoms with Crippen molar-refractivity contribution in [2.24, 2.45) is 4.99 Å². The van der Waals surface area contributed by atoms with Crippen molar-refractivity contribution in [3.63, 3.8) is 0 Å². The van der Waals surface area contributed by atoms with E-state index in [1.165, 1.54) is 17.0 Å². The number of amidine groups is 1. The van der Waals surface area contributed by atoms with Gasteiger partial charge in [0.05, 0.1) is 15.6 Å². The predicted molar refractivity (Wildman–Crippen MR) is 93.1 cm³/mol. The third-order valence-electron chi connectivity index (χ3n) is 3.53. The van der Waals surface area contributed by atoms with Gasteiger partial charge in [0.15, 0.2) is 0 Å². The van der Waals surface area contributed by atoms with E-state index in [9.17, 15) is 14.9 Å². The van der Waals surface area contributed by atoms with Crippen molar-refractivity contribution in [3.05, 3.63) is 74.9 Å². The van der Waals surface area contributed by atoms with Gasteiger partial charge < -0.3 is 0 Å². The predicted octanol–water partition coefficient (Wildman–Crippen LogP) is 4.05. The molecule has 0 aromatic heterocycles. The van der Waals surface area contributed by atoms with Crippen LogP contribution in [0.5, 0.6) is 0 Å². The molecule has 7 heteroatoms. The molecular weight excluding hydrogens is 330 g/mol. The second-order valence-corrected chi connectivity index (χ2v) is 5.54. The van der Waals surface area contributed by atoms with Crippen molar-refractivity contribution in [1.29, 1.82) is 0 Å². The number of benzene rings is 2. The summed E-state index contributed by atoms with van der Waals surface area (Å²) >= 11 is 6.16. The molecule has 1 aliphatic heterocycles. The first-order valence-electron chi connectivity index (χ1n) is 7.08. The lowest BCUT2D eigenvalue weighted by molar-refractivity contribution is -0.384. The van der Waals surface area contributed by atoms with Crippen LogP contribution in [-0.4, -0.2) is 16.7 Å². The number of anilines is 1. The average molecular weight is 342 g/mol. The summed E-state index contributed by atoms with van der Waals surface area (Å²) in [6.07, 6.45) is 1.59. The Morgan fingerprint density at radius 2 is 1.83 bits per heavy atom. The first-order valence-corrected chi connectivity index (χ1v) is 7.45. The summed E-state index contributed by atoms with van der Waals surface area (Å²) in [6, 6.07) is 12.9. The molecule has 3 rings (SSSR count). The van der Waals surface area contributed by atoms with Gasteiger partial charge in [-0.05, 0) is 42.8 Å². The number of carbonyl (C=O) groups excluding carboxylic acids is 1. The Morgan fingerprint density at radius 3 is 2.46 bits per heavy atom. The van der Waals surface area contributed by atoms with Crippen LogP contribution in [0.3, 0.4) is 0 Å².